The van der Waals surface area contributed by atoms with Crippen LogP contribution in [0.5, 0.6) is 5.88 Å². The van der Waals surface area contributed by atoms with Crippen LogP contribution >= 0.6 is 0 Å². The number of aliphatic carboxylic acids is 1. The predicted octanol–water partition coefficient (Wildman–Crippen LogP) is 7.96. The smallest absolute Gasteiger partial charge is 0.335 e. The number of hydrogen-bond donors (Lipinski definition) is 3. The lowest BCUT2D eigenvalue weighted by Crippen LogP contribution is -2.14. The van der Waals surface area contributed by atoms with E-state index in [9.17, 15) is 14.4 Å². The van der Waals surface area contributed by atoms with Gasteiger partial charge in [-0.25, -0.2) is 9.78 Å². The summed E-state index contributed by atoms with van der Waals surface area (Å²) in [5.74, 6) is -1.86. The van der Waals surface area contributed by atoms with Gasteiger partial charge in [0, 0.05) is 11.8 Å². The summed E-state index contributed by atoms with van der Waals surface area (Å²) >= 11 is 0. The second kappa shape index (κ2) is 19.1. The maximum atomic E-state index is 12.5. The lowest BCUT2D eigenvalue weighted by atomic mass is 9.98. The van der Waals surface area contributed by atoms with Gasteiger partial charge in [0.15, 0.2) is 0 Å². The van der Waals surface area contributed by atoms with Gasteiger partial charge in [0.2, 0.25) is 5.88 Å². The summed E-state index contributed by atoms with van der Waals surface area (Å²) in [6.07, 6.45) is 15.4. The highest BCUT2D eigenvalue weighted by Crippen LogP contribution is 2.17. The Bertz CT molecular complexity index is 1310. The van der Waals surface area contributed by atoms with Crippen molar-refractivity contribution in [2.75, 3.05) is 11.9 Å². The summed E-state index contributed by atoms with van der Waals surface area (Å²) in [4.78, 5) is 39.0. The number of nitrogens with one attached hydrogen (secondary N) is 1. The van der Waals surface area contributed by atoms with E-state index in [2.05, 4.69) is 16.4 Å². The van der Waals surface area contributed by atoms with E-state index in [-0.39, 0.29) is 17.7 Å². The summed E-state index contributed by atoms with van der Waals surface area (Å²) in [6, 6.07) is 19.0. The number of carboxylic acids is 2. The molecule has 3 N–H and O–H groups in total. The van der Waals surface area contributed by atoms with Crippen molar-refractivity contribution < 1.29 is 29.3 Å². The first-order valence-corrected chi connectivity index (χ1v) is 15.5. The average molecular weight is 589 g/mol. The first-order valence-electron chi connectivity index (χ1n) is 15.5. The third-order valence-electron chi connectivity index (χ3n) is 7.37. The number of amides is 1. The van der Waals surface area contributed by atoms with Gasteiger partial charge in [-0.2, -0.15) is 0 Å². The van der Waals surface area contributed by atoms with Crippen LogP contribution in [0.15, 0.2) is 66.7 Å². The number of rotatable bonds is 21. The molecule has 1 heterocycles. The highest BCUT2D eigenvalue weighted by Gasteiger charge is 2.11. The number of ether oxygens (including phenoxy) is 1. The van der Waals surface area contributed by atoms with Crippen LogP contribution in [0.1, 0.15) is 109 Å². The molecule has 43 heavy (non-hydrogen) atoms. The number of anilines is 1. The fourth-order valence-electron chi connectivity index (χ4n) is 5.05. The van der Waals surface area contributed by atoms with Crippen LogP contribution in [0, 0.1) is 0 Å². The average Bonchev–Trinajstić information content (AvgIpc) is 3.00. The molecule has 0 unspecified atom stereocenters. The molecular formula is C35H44N2O6. The maximum absolute atomic E-state index is 12.5. The van der Waals surface area contributed by atoms with E-state index in [1.807, 2.05) is 18.2 Å². The molecule has 0 bridgehead atoms. The van der Waals surface area contributed by atoms with Crippen LogP contribution in [0.25, 0.3) is 0 Å². The molecule has 0 saturated heterocycles. The summed E-state index contributed by atoms with van der Waals surface area (Å²) in [6.45, 7) is 0.546. The molecule has 230 valence electrons. The molecule has 1 amide bonds. The Morgan fingerprint density at radius 3 is 1.93 bits per heavy atom. The third kappa shape index (κ3) is 13.1. The number of carbonyl (C=O) groups is 3. The number of unbranched alkanes of at least 4 members (excludes halogenated alkanes) is 11. The second-order valence-electron chi connectivity index (χ2n) is 10.9. The largest absolute Gasteiger partial charge is 0.481 e. The van der Waals surface area contributed by atoms with E-state index < -0.39 is 17.8 Å². The van der Waals surface area contributed by atoms with Gasteiger partial charge in [0.25, 0.3) is 5.91 Å². The van der Waals surface area contributed by atoms with Gasteiger partial charge < -0.3 is 20.3 Å². The predicted molar refractivity (Wildman–Crippen MR) is 168 cm³/mol. The fraction of sp³-hybridized carbons (Fsp3) is 0.429. The monoisotopic (exact) mass is 588 g/mol. The summed E-state index contributed by atoms with van der Waals surface area (Å²) in [5.41, 5.74) is 2.81. The molecule has 3 rings (SSSR count). The molecule has 2 aromatic carbocycles. The number of carboxylic acid groups (broad SMARTS) is 2. The zero-order valence-electron chi connectivity index (χ0n) is 24.9. The van der Waals surface area contributed by atoms with Crippen LogP contribution in [-0.2, 0) is 17.6 Å². The third-order valence-corrected chi connectivity index (χ3v) is 7.37. The van der Waals surface area contributed by atoms with Crippen molar-refractivity contribution in [3.8, 4) is 5.88 Å². The number of aromatic nitrogens is 1. The summed E-state index contributed by atoms with van der Waals surface area (Å²) in [7, 11) is 0. The number of aromatic carboxylic acids is 1. The molecule has 8 nitrogen and oxygen atoms in total. The number of benzene rings is 2. The molecule has 0 aliphatic carbocycles. The zero-order valence-corrected chi connectivity index (χ0v) is 24.9. The molecule has 0 saturated carbocycles. The van der Waals surface area contributed by atoms with Gasteiger partial charge in [-0.3, -0.25) is 9.59 Å². The van der Waals surface area contributed by atoms with Gasteiger partial charge in [-0.05, 0) is 54.7 Å². The molecule has 1 aromatic heterocycles. The van der Waals surface area contributed by atoms with Gasteiger partial charge in [0.05, 0.1) is 18.6 Å². The summed E-state index contributed by atoms with van der Waals surface area (Å²) < 4.78 is 5.75. The minimum absolute atomic E-state index is 0.0982. The Morgan fingerprint density at radius 1 is 0.674 bits per heavy atom. The van der Waals surface area contributed by atoms with E-state index in [1.165, 1.54) is 75.5 Å². The van der Waals surface area contributed by atoms with Crippen molar-refractivity contribution in [1.82, 2.24) is 4.98 Å². The van der Waals surface area contributed by atoms with E-state index in [1.54, 1.807) is 30.3 Å². The van der Waals surface area contributed by atoms with E-state index in [4.69, 9.17) is 14.9 Å². The topological polar surface area (TPSA) is 126 Å². The van der Waals surface area contributed by atoms with Crippen LogP contribution in [-0.4, -0.2) is 39.6 Å². The Kier molecular flexibility index (Phi) is 14.8. The van der Waals surface area contributed by atoms with E-state index in [0.29, 0.717) is 18.2 Å². The lowest BCUT2D eigenvalue weighted by Gasteiger charge is -2.08. The normalized spacial score (nSPS) is 10.8. The van der Waals surface area contributed by atoms with Crippen LogP contribution in [0.3, 0.4) is 0 Å². The van der Waals surface area contributed by atoms with E-state index in [0.717, 1.165) is 31.2 Å². The minimum Gasteiger partial charge on any atom is -0.481 e. The summed E-state index contributed by atoms with van der Waals surface area (Å²) in [5, 5.41) is 20.9. The quantitative estimate of drug-likeness (QED) is 0.108. The van der Waals surface area contributed by atoms with Crippen molar-refractivity contribution in [3.05, 3.63) is 89.1 Å². The molecule has 8 heteroatoms. The maximum Gasteiger partial charge on any atom is 0.335 e. The van der Waals surface area contributed by atoms with Crippen LogP contribution < -0.4 is 10.1 Å². The van der Waals surface area contributed by atoms with Gasteiger partial charge in [-0.1, -0.05) is 101 Å². The molecule has 3 aromatic rings. The van der Waals surface area contributed by atoms with Crippen molar-refractivity contribution in [3.63, 3.8) is 0 Å². The van der Waals surface area contributed by atoms with Gasteiger partial charge >= 0.3 is 11.9 Å². The second-order valence-corrected chi connectivity index (χ2v) is 10.9. The molecular weight excluding hydrogens is 544 g/mol. The number of nitrogens with zero attached hydrogens (tertiary/aromatic N) is 1. The van der Waals surface area contributed by atoms with Crippen LogP contribution in [0.2, 0.25) is 0 Å². The minimum atomic E-state index is -1.06. The van der Waals surface area contributed by atoms with Gasteiger partial charge in [-0.15, -0.1) is 0 Å². The SMILES string of the molecule is O=C(O)Cc1ccccc1CCCCCCCCCCCCCCOc1cccc(C(=O)Nc2cccc(C(=O)O)c2)n1. The van der Waals surface area contributed by atoms with Crippen molar-refractivity contribution >= 4 is 23.5 Å². The fourth-order valence-corrected chi connectivity index (χ4v) is 5.05. The first-order chi connectivity index (χ1) is 20.9. The molecule has 0 fully saturated rings. The number of pyridine rings is 1. The Morgan fingerprint density at radius 2 is 1.28 bits per heavy atom. The molecule has 0 aliphatic heterocycles. The number of aryl methyl sites for hydroxylation is 1. The van der Waals surface area contributed by atoms with Crippen molar-refractivity contribution in [1.29, 1.82) is 0 Å². The zero-order chi connectivity index (χ0) is 30.7. The standard InChI is InChI=1S/C35H44N2O6/c38-33(39)26-28-19-13-12-18-27(28)17-11-9-7-5-3-1-2-4-6-8-10-14-24-43-32-23-16-22-31(37-32)34(40)36-30-21-15-20-29(25-30)35(41)42/h12-13,15-16,18-23,25H,1-11,14,17,24,26H2,(H,36,40)(H,38,39)(H,41,42). The number of carbonyl (C=O) groups excluding carboxylic acids is 1. The van der Waals surface area contributed by atoms with Crippen molar-refractivity contribution in [2.45, 2.75) is 89.9 Å². The van der Waals surface area contributed by atoms with Gasteiger partial charge in [0.1, 0.15) is 5.69 Å². The Hall–Kier alpha value is -4.20. The Labute approximate surface area is 254 Å². The first kappa shape index (κ1) is 33.3. The highest BCUT2D eigenvalue weighted by atomic mass is 16.5. The Balaban J connectivity index is 1.16. The molecule has 0 spiro atoms. The molecule has 0 radical (unpaired) electrons. The van der Waals surface area contributed by atoms with Crippen molar-refractivity contribution in [2.24, 2.45) is 0 Å². The van der Waals surface area contributed by atoms with Crippen LogP contribution in [0.4, 0.5) is 5.69 Å². The highest BCUT2D eigenvalue weighted by molar-refractivity contribution is 6.03. The molecule has 0 aliphatic rings. The lowest BCUT2D eigenvalue weighted by molar-refractivity contribution is -0.136. The number of hydrogen-bond acceptors (Lipinski definition) is 5. The molecule has 0 atom stereocenters. The van der Waals surface area contributed by atoms with E-state index >= 15 is 0 Å².